The summed E-state index contributed by atoms with van der Waals surface area (Å²) in [7, 11) is 0. The summed E-state index contributed by atoms with van der Waals surface area (Å²) in [5.74, 6) is 0.478. The van der Waals surface area contributed by atoms with Crippen LogP contribution in [0.5, 0.6) is 0 Å². The fourth-order valence-corrected chi connectivity index (χ4v) is 1.90. The maximum absolute atomic E-state index is 11.7. The van der Waals surface area contributed by atoms with Crippen LogP contribution < -0.4 is 11.1 Å². The molecule has 102 valence electrons. The van der Waals surface area contributed by atoms with E-state index in [4.69, 9.17) is 5.73 Å². The van der Waals surface area contributed by atoms with Crippen LogP contribution in [-0.2, 0) is 0 Å². The number of nitrogens with one attached hydrogen (secondary N) is 1. The lowest BCUT2D eigenvalue weighted by Gasteiger charge is -2.11. The van der Waals surface area contributed by atoms with Crippen LogP contribution >= 0.6 is 40.7 Å². The van der Waals surface area contributed by atoms with Crippen molar-refractivity contribution >= 4 is 46.7 Å². The van der Waals surface area contributed by atoms with Gasteiger partial charge in [-0.3, -0.25) is 9.78 Å². The first-order chi connectivity index (χ1) is 7.66. The fraction of sp³-hybridized carbons (Fsp3) is 0.455. The molecule has 0 radical (unpaired) electrons. The molecular formula is C11H16BrCl2N3O. The number of halogens is 3. The van der Waals surface area contributed by atoms with E-state index in [1.54, 1.807) is 18.5 Å². The van der Waals surface area contributed by atoms with Crippen LogP contribution in [0.2, 0.25) is 0 Å². The molecule has 1 unspecified atom stereocenters. The lowest BCUT2D eigenvalue weighted by molar-refractivity contribution is 0.0950. The van der Waals surface area contributed by atoms with Gasteiger partial charge in [-0.1, -0.05) is 0 Å². The molecule has 1 atom stereocenters. The number of carbonyl (C=O) groups excluding carboxylic acids is 1. The van der Waals surface area contributed by atoms with Gasteiger partial charge in [0.1, 0.15) is 0 Å². The van der Waals surface area contributed by atoms with Crippen LogP contribution in [0.15, 0.2) is 22.9 Å². The third-order valence-electron chi connectivity index (χ3n) is 2.69. The van der Waals surface area contributed by atoms with Crippen molar-refractivity contribution in [2.75, 3.05) is 6.54 Å². The lowest BCUT2D eigenvalue weighted by atomic mass is 10.2. The zero-order valence-corrected chi connectivity index (χ0v) is 12.9. The minimum atomic E-state index is -0.120. The van der Waals surface area contributed by atoms with Crippen molar-refractivity contribution in [1.29, 1.82) is 0 Å². The summed E-state index contributed by atoms with van der Waals surface area (Å²) in [6.45, 7) is 0.538. The van der Waals surface area contributed by atoms with Gasteiger partial charge in [0.15, 0.2) is 0 Å². The number of amides is 1. The summed E-state index contributed by atoms with van der Waals surface area (Å²) in [6.07, 6.45) is 5.57. The maximum atomic E-state index is 11.7. The third-order valence-corrected chi connectivity index (χ3v) is 3.13. The summed E-state index contributed by atoms with van der Waals surface area (Å²) < 4.78 is 0.798. The molecule has 18 heavy (non-hydrogen) atoms. The highest BCUT2D eigenvalue weighted by Gasteiger charge is 2.28. The highest BCUT2D eigenvalue weighted by atomic mass is 79.9. The first kappa shape index (κ1) is 17.6. The molecule has 1 aromatic heterocycles. The van der Waals surface area contributed by atoms with E-state index in [0.29, 0.717) is 18.0 Å². The van der Waals surface area contributed by atoms with E-state index < -0.39 is 0 Å². The molecular weight excluding hydrogens is 341 g/mol. The van der Waals surface area contributed by atoms with Crippen molar-refractivity contribution in [2.45, 2.75) is 18.9 Å². The minimum absolute atomic E-state index is 0. The second-order valence-electron chi connectivity index (χ2n) is 4.10. The number of carbonyl (C=O) groups is 1. The van der Waals surface area contributed by atoms with Gasteiger partial charge in [-0.05, 0) is 40.8 Å². The largest absolute Gasteiger partial charge is 0.350 e. The van der Waals surface area contributed by atoms with E-state index in [1.165, 1.54) is 12.8 Å². The van der Waals surface area contributed by atoms with Crippen molar-refractivity contribution in [3.05, 3.63) is 28.5 Å². The SMILES string of the molecule is Cl.Cl.NC(CNC(=O)c1cncc(Br)c1)C1CC1. The first-order valence-corrected chi connectivity index (χ1v) is 6.10. The van der Waals surface area contributed by atoms with E-state index in [9.17, 15) is 4.79 Å². The van der Waals surface area contributed by atoms with Gasteiger partial charge >= 0.3 is 0 Å². The lowest BCUT2D eigenvalue weighted by Crippen LogP contribution is -2.38. The van der Waals surface area contributed by atoms with Crippen LogP contribution in [-0.4, -0.2) is 23.5 Å². The van der Waals surface area contributed by atoms with Gasteiger partial charge in [-0.25, -0.2) is 0 Å². The van der Waals surface area contributed by atoms with Gasteiger partial charge in [0.2, 0.25) is 0 Å². The second kappa shape index (κ2) is 7.94. The molecule has 3 N–H and O–H groups in total. The highest BCUT2D eigenvalue weighted by molar-refractivity contribution is 9.10. The molecule has 0 saturated heterocycles. The molecule has 1 heterocycles. The van der Waals surface area contributed by atoms with Crippen molar-refractivity contribution in [3.8, 4) is 0 Å². The smallest absolute Gasteiger partial charge is 0.252 e. The van der Waals surface area contributed by atoms with Gasteiger partial charge in [0.05, 0.1) is 5.56 Å². The predicted octanol–water partition coefficient (Wildman–Crippen LogP) is 2.15. The molecule has 7 heteroatoms. The topological polar surface area (TPSA) is 68.0 Å². The Labute approximate surface area is 127 Å². The normalized spacial score (nSPS) is 15.0. The van der Waals surface area contributed by atoms with Crippen molar-refractivity contribution < 1.29 is 4.79 Å². The summed E-state index contributed by atoms with van der Waals surface area (Å²) in [6, 6.07) is 1.83. The van der Waals surface area contributed by atoms with Crippen LogP contribution in [0.1, 0.15) is 23.2 Å². The number of hydrogen-bond acceptors (Lipinski definition) is 3. The number of nitrogens with two attached hydrogens (primary N) is 1. The van der Waals surface area contributed by atoms with E-state index in [-0.39, 0.29) is 36.8 Å². The van der Waals surface area contributed by atoms with Gasteiger partial charge in [-0.2, -0.15) is 0 Å². The second-order valence-corrected chi connectivity index (χ2v) is 5.02. The maximum Gasteiger partial charge on any atom is 0.252 e. The standard InChI is InChI=1S/C11H14BrN3O.2ClH/c12-9-3-8(4-14-5-9)11(16)15-6-10(13)7-1-2-7;;/h3-5,7,10H,1-2,6,13H2,(H,15,16);2*1H. The van der Waals surface area contributed by atoms with Gasteiger partial charge in [0.25, 0.3) is 5.91 Å². The summed E-state index contributed by atoms with van der Waals surface area (Å²) in [4.78, 5) is 15.7. The monoisotopic (exact) mass is 355 g/mol. The Bertz CT molecular complexity index is 402. The summed E-state index contributed by atoms with van der Waals surface area (Å²) >= 11 is 3.28. The van der Waals surface area contributed by atoms with Gasteiger partial charge in [0, 0.05) is 29.5 Å². The molecule has 1 amide bonds. The van der Waals surface area contributed by atoms with E-state index >= 15 is 0 Å². The molecule has 1 saturated carbocycles. The van der Waals surface area contributed by atoms with Crippen LogP contribution in [0, 0.1) is 5.92 Å². The Morgan fingerprint density at radius 3 is 2.72 bits per heavy atom. The Hall–Kier alpha value is -0.360. The zero-order chi connectivity index (χ0) is 11.5. The Kier molecular flexibility index (Phi) is 7.78. The summed E-state index contributed by atoms with van der Waals surface area (Å²) in [5.41, 5.74) is 6.45. The van der Waals surface area contributed by atoms with Crippen molar-refractivity contribution in [2.24, 2.45) is 11.7 Å². The van der Waals surface area contributed by atoms with Crippen molar-refractivity contribution in [1.82, 2.24) is 10.3 Å². The Morgan fingerprint density at radius 1 is 1.50 bits per heavy atom. The quantitative estimate of drug-likeness (QED) is 0.868. The molecule has 0 aromatic carbocycles. The Morgan fingerprint density at radius 2 is 2.17 bits per heavy atom. The molecule has 0 bridgehead atoms. The molecule has 4 nitrogen and oxygen atoms in total. The van der Waals surface area contributed by atoms with Gasteiger partial charge in [-0.15, -0.1) is 24.8 Å². The first-order valence-electron chi connectivity index (χ1n) is 5.31. The number of nitrogens with zero attached hydrogens (tertiary/aromatic N) is 1. The molecule has 2 rings (SSSR count). The number of aromatic nitrogens is 1. The Balaban J connectivity index is 0.00000144. The van der Waals surface area contributed by atoms with Crippen LogP contribution in [0.4, 0.5) is 0 Å². The molecule has 1 fully saturated rings. The fourth-order valence-electron chi connectivity index (χ4n) is 1.54. The molecule has 0 aliphatic heterocycles. The number of rotatable bonds is 4. The zero-order valence-electron chi connectivity index (χ0n) is 9.64. The number of hydrogen-bond donors (Lipinski definition) is 2. The molecule has 1 aliphatic rings. The number of pyridine rings is 1. The average Bonchev–Trinajstić information content (AvgIpc) is 3.09. The van der Waals surface area contributed by atoms with Crippen molar-refractivity contribution in [3.63, 3.8) is 0 Å². The van der Waals surface area contributed by atoms with Crippen LogP contribution in [0.3, 0.4) is 0 Å². The summed E-state index contributed by atoms with van der Waals surface area (Å²) in [5, 5.41) is 2.82. The van der Waals surface area contributed by atoms with E-state index in [2.05, 4.69) is 26.2 Å². The highest BCUT2D eigenvalue weighted by Crippen LogP contribution is 2.31. The molecule has 0 spiro atoms. The van der Waals surface area contributed by atoms with Gasteiger partial charge < -0.3 is 11.1 Å². The molecule has 1 aromatic rings. The average molecular weight is 357 g/mol. The van der Waals surface area contributed by atoms with E-state index in [0.717, 1.165) is 4.47 Å². The molecule has 1 aliphatic carbocycles. The van der Waals surface area contributed by atoms with Crippen LogP contribution in [0.25, 0.3) is 0 Å². The minimum Gasteiger partial charge on any atom is -0.350 e. The van der Waals surface area contributed by atoms with E-state index in [1.807, 2.05) is 0 Å². The predicted molar refractivity (Wildman–Crippen MR) is 79.5 cm³/mol. The third kappa shape index (κ3) is 5.10.